The van der Waals surface area contributed by atoms with Crippen LogP contribution in [0.25, 0.3) is 0 Å². The first-order chi connectivity index (χ1) is 9.58. The van der Waals surface area contributed by atoms with E-state index in [1.807, 2.05) is 6.92 Å². The van der Waals surface area contributed by atoms with Crippen molar-refractivity contribution in [1.29, 1.82) is 0 Å². The van der Waals surface area contributed by atoms with Crippen LogP contribution in [0.2, 0.25) is 0 Å². The van der Waals surface area contributed by atoms with Crippen LogP contribution >= 0.6 is 0 Å². The van der Waals surface area contributed by atoms with Gasteiger partial charge >= 0.3 is 5.97 Å². The van der Waals surface area contributed by atoms with Gasteiger partial charge in [-0.2, -0.15) is 0 Å². The molecule has 1 aliphatic heterocycles. The van der Waals surface area contributed by atoms with E-state index >= 15 is 0 Å². The smallest absolute Gasteiger partial charge is 0.338 e. The summed E-state index contributed by atoms with van der Waals surface area (Å²) in [6.45, 7) is 3.69. The molecule has 6 nitrogen and oxygen atoms in total. The lowest BCUT2D eigenvalue weighted by Gasteiger charge is -2.26. The van der Waals surface area contributed by atoms with Gasteiger partial charge in [0.05, 0.1) is 18.8 Å². The molecule has 6 heteroatoms. The van der Waals surface area contributed by atoms with Gasteiger partial charge in [0, 0.05) is 18.8 Å². The third kappa shape index (κ3) is 3.48. The highest BCUT2D eigenvalue weighted by Gasteiger charge is 2.18. The summed E-state index contributed by atoms with van der Waals surface area (Å²) in [5.74, 6) is -0.719. The predicted molar refractivity (Wildman–Crippen MR) is 73.3 cm³/mol. The van der Waals surface area contributed by atoms with Crippen molar-refractivity contribution < 1.29 is 19.1 Å². The van der Waals surface area contributed by atoms with Crippen LogP contribution < -0.4 is 5.73 Å². The molecular weight excluding hydrogens is 260 g/mol. The highest BCUT2D eigenvalue weighted by atomic mass is 16.5. The van der Waals surface area contributed by atoms with E-state index in [1.165, 1.54) is 0 Å². The number of nitrogen functional groups attached to an aromatic ring is 1. The fraction of sp³-hybridized carbons (Fsp3) is 0.429. The van der Waals surface area contributed by atoms with Crippen molar-refractivity contribution in [3.05, 3.63) is 29.3 Å². The van der Waals surface area contributed by atoms with Gasteiger partial charge in [0.15, 0.2) is 6.61 Å². The van der Waals surface area contributed by atoms with Crippen molar-refractivity contribution in [3.8, 4) is 0 Å². The molecule has 0 saturated carbocycles. The third-order valence-corrected chi connectivity index (χ3v) is 3.20. The second-order valence-electron chi connectivity index (χ2n) is 4.64. The van der Waals surface area contributed by atoms with E-state index in [4.69, 9.17) is 15.2 Å². The maximum Gasteiger partial charge on any atom is 0.338 e. The Morgan fingerprint density at radius 2 is 2.05 bits per heavy atom. The van der Waals surface area contributed by atoms with Crippen LogP contribution in [0.3, 0.4) is 0 Å². The van der Waals surface area contributed by atoms with Crippen molar-refractivity contribution in [3.63, 3.8) is 0 Å². The molecule has 1 fully saturated rings. The van der Waals surface area contributed by atoms with Crippen LogP contribution in [-0.2, 0) is 14.3 Å². The summed E-state index contributed by atoms with van der Waals surface area (Å²) in [6.07, 6.45) is 0. The maximum absolute atomic E-state index is 11.8. The SMILES string of the molecule is Cc1cc(C(=O)OCC(=O)N2CCOCC2)ccc1N. The Morgan fingerprint density at radius 1 is 1.35 bits per heavy atom. The van der Waals surface area contributed by atoms with E-state index in [2.05, 4.69) is 0 Å². The van der Waals surface area contributed by atoms with Gasteiger partial charge < -0.3 is 20.1 Å². The Morgan fingerprint density at radius 3 is 2.70 bits per heavy atom. The van der Waals surface area contributed by atoms with E-state index in [-0.39, 0.29) is 12.5 Å². The summed E-state index contributed by atoms with van der Waals surface area (Å²) in [6, 6.07) is 4.89. The molecule has 0 radical (unpaired) electrons. The number of benzene rings is 1. The summed E-state index contributed by atoms with van der Waals surface area (Å²) < 4.78 is 10.2. The number of rotatable bonds is 3. The number of nitrogens with two attached hydrogens (primary N) is 1. The number of amides is 1. The molecule has 0 aromatic heterocycles. The lowest BCUT2D eigenvalue weighted by Crippen LogP contribution is -2.42. The summed E-state index contributed by atoms with van der Waals surface area (Å²) >= 11 is 0. The minimum absolute atomic E-state index is 0.200. The van der Waals surface area contributed by atoms with Gasteiger partial charge in [-0.1, -0.05) is 0 Å². The van der Waals surface area contributed by atoms with E-state index in [0.29, 0.717) is 37.6 Å². The minimum atomic E-state index is -0.519. The van der Waals surface area contributed by atoms with Crippen molar-refractivity contribution in [2.24, 2.45) is 0 Å². The fourth-order valence-corrected chi connectivity index (χ4v) is 1.92. The number of carbonyl (C=O) groups is 2. The number of hydrogen-bond donors (Lipinski definition) is 1. The molecule has 20 heavy (non-hydrogen) atoms. The van der Waals surface area contributed by atoms with E-state index < -0.39 is 5.97 Å². The van der Waals surface area contributed by atoms with E-state index in [0.717, 1.165) is 5.56 Å². The van der Waals surface area contributed by atoms with Crippen molar-refractivity contribution >= 4 is 17.6 Å². The Labute approximate surface area is 117 Å². The number of carbonyl (C=O) groups excluding carboxylic acids is 2. The molecule has 0 aliphatic carbocycles. The number of morpholine rings is 1. The molecule has 0 unspecified atom stereocenters. The predicted octanol–water partition coefficient (Wildman–Crippen LogP) is 0.593. The summed E-state index contributed by atoms with van der Waals surface area (Å²) in [5, 5.41) is 0. The van der Waals surface area contributed by atoms with Crippen molar-refractivity contribution in [2.75, 3.05) is 38.6 Å². The van der Waals surface area contributed by atoms with E-state index in [1.54, 1.807) is 23.1 Å². The van der Waals surface area contributed by atoms with Gasteiger partial charge in [-0.25, -0.2) is 4.79 Å². The van der Waals surface area contributed by atoms with Gasteiger partial charge in [0.1, 0.15) is 0 Å². The van der Waals surface area contributed by atoms with Gasteiger partial charge in [0.2, 0.25) is 0 Å². The normalized spacial score (nSPS) is 14.9. The first kappa shape index (κ1) is 14.3. The van der Waals surface area contributed by atoms with Crippen LogP contribution in [0.4, 0.5) is 5.69 Å². The van der Waals surface area contributed by atoms with Gasteiger partial charge in [-0.05, 0) is 30.7 Å². The average Bonchev–Trinajstić information content (AvgIpc) is 2.48. The quantitative estimate of drug-likeness (QED) is 0.646. The van der Waals surface area contributed by atoms with Crippen LogP contribution in [0.15, 0.2) is 18.2 Å². The number of nitrogens with zero attached hydrogens (tertiary/aromatic N) is 1. The summed E-state index contributed by atoms with van der Waals surface area (Å²) in [4.78, 5) is 25.3. The Bertz CT molecular complexity index is 510. The number of aryl methyl sites for hydroxylation is 1. The third-order valence-electron chi connectivity index (χ3n) is 3.20. The molecule has 1 saturated heterocycles. The maximum atomic E-state index is 11.8. The summed E-state index contributed by atoms with van der Waals surface area (Å²) in [7, 11) is 0. The zero-order chi connectivity index (χ0) is 14.5. The molecule has 2 N–H and O–H groups in total. The molecule has 1 heterocycles. The second kappa shape index (κ2) is 6.38. The Kier molecular flexibility index (Phi) is 4.57. The Balaban J connectivity index is 1.88. The molecule has 2 rings (SSSR count). The molecular formula is C14H18N2O4. The largest absolute Gasteiger partial charge is 0.452 e. The monoisotopic (exact) mass is 278 g/mol. The zero-order valence-electron chi connectivity index (χ0n) is 11.4. The number of anilines is 1. The number of hydrogen-bond acceptors (Lipinski definition) is 5. The Hall–Kier alpha value is -2.08. The zero-order valence-corrected chi connectivity index (χ0v) is 11.4. The van der Waals surface area contributed by atoms with Crippen LogP contribution in [0.1, 0.15) is 15.9 Å². The molecule has 0 bridgehead atoms. The first-order valence-corrected chi connectivity index (χ1v) is 6.46. The van der Waals surface area contributed by atoms with Crippen LogP contribution in [0, 0.1) is 6.92 Å². The van der Waals surface area contributed by atoms with Crippen molar-refractivity contribution in [2.45, 2.75) is 6.92 Å². The lowest BCUT2D eigenvalue weighted by atomic mass is 10.1. The molecule has 0 atom stereocenters. The average molecular weight is 278 g/mol. The van der Waals surface area contributed by atoms with E-state index in [9.17, 15) is 9.59 Å². The molecule has 1 aromatic rings. The topological polar surface area (TPSA) is 81.9 Å². The molecule has 0 spiro atoms. The van der Waals surface area contributed by atoms with Gasteiger partial charge in [-0.15, -0.1) is 0 Å². The summed E-state index contributed by atoms with van der Waals surface area (Å²) in [5.41, 5.74) is 7.50. The minimum Gasteiger partial charge on any atom is -0.452 e. The van der Waals surface area contributed by atoms with Crippen LogP contribution in [0.5, 0.6) is 0 Å². The molecule has 1 amide bonds. The first-order valence-electron chi connectivity index (χ1n) is 6.46. The highest BCUT2D eigenvalue weighted by Crippen LogP contribution is 2.13. The highest BCUT2D eigenvalue weighted by molar-refractivity contribution is 5.92. The molecule has 108 valence electrons. The standard InChI is InChI=1S/C14H18N2O4/c1-10-8-11(2-3-12(10)15)14(18)20-9-13(17)16-4-6-19-7-5-16/h2-3,8H,4-7,9,15H2,1H3. The fourth-order valence-electron chi connectivity index (χ4n) is 1.92. The molecule has 1 aliphatic rings. The second-order valence-corrected chi connectivity index (χ2v) is 4.64. The number of ether oxygens (including phenoxy) is 2. The molecule has 1 aromatic carbocycles. The number of esters is 1. The van der Waals surface area contributed by atoms with Gasteiger partial charge in [0.25, 0.3) is 5.91 Å². The van der Waals surface area contributed by atoms with Gasteiger partial charge in [-0.3, -0.25) is 4.79 Å². The lowest BCUT2D eigenvalue weighted by molar-refractivity contribution is -0.138. The van der Waals surface area contributed by atoms with Crippen molar-refractivity contribution in [1.82, 2.24) is 4.90 Å². The van der Waals surface area contributed by atoms with Crippen LogP contribution in [-0.4, -0.2) is 49.7 Å².